The van der Waals surface area contributed by atoms with Crippen molar-refractivity contribution >= 4 is 0 Å². The Morgan fingerprint density at radius 1 is 0.750 bits per heavy atom. The summed E-state index contributed by atoms with van der Waals surface area (Å²) >= 11 is 0. The number of rotatable bonds is 1. The summed E-state index contributed by atoms with van der Waals surface area (Å²) in [6.07, 6.45) is 5.35. The third-order valence-electron chi connectivity index (χ3n) is 6.80. The van der Waals surface area contributed by atoms with E-state index < -0.39 is 0 Å². The number of piperidine rings is 2. The van der Waals surface area contributed by atoms with Crippen molar-refractivity contribution < 1.29 is 4.74 Å². The zero-order valence-corrected chi connectivity index (χ0v) is 12.5. The maximum Gasteiger partial charge on any atom is 0.0527 e. The molecule has 0 bridgehead atoms. The third kappa shape index (κ3) is 2.04. The Kier molecular flexibility index (Phi) is 3.53. The summed E-state index contributed by atoms with van der Waals surface area (Å²) in [4.78, 5) is 0. The Labute approximate surface area is 122 Å². The summed E-state index contributed by atoms with van der Waals surface area (Å²) in [6, 6.07) is 0. The smallest absolute Gasteiger partial charge is 0.0527 e. The first kappa shape index (κ1) is 13.5. The van der Waals surface area contributed by atoms with Crippen LogP contribution in [0.2, 0.25) is 0 Å². The van der Waals surface area contributed by atoms with E-state index in [1.807, 2.05) is 0 Å². The van der Waals surface area contributed by atoms with E-state index in [4.69, 9.17) is 4.74 Å². The first-order valence-electron chi connectivity index (χ1n) is 8.55. The van der Waals surface area contributed by atoms with Crippen molar-refractivity contribution in [3.05, 3.63) is 0 Å². The molecule has 0 aromatic heterocycles. The molecule has 20 heavy (non-hydrogen) atoms. The van der Waals surface area contributed by atoms with Gasteiger partial charge in [-0.05, 0) is 75.7 Å². The number of ether oxygens (including phenoxy) is 1. The number of hydrogen-bond acceptors (Lipinski definition) is 4. The molecule has 0 aliphatic carbocycles. The second-order valence-corrected chi connectivity index (χ2v) is 7.58. The van der Waals surface area contributed by atoms with Crippen LogP contribution in [0.25, 0.3) is 0 Å². The van der Waals surface area contributed by atoms with Gasteiger partial charge in [0.05, 0.1) is 6.61 Å². The van der Waals surface area contributed by atoms with Crippen molar-refractivity contribution in [3.8, 4) is 0 Å². The van der Waals surface area contributed by atoms with Crippen molar-refractivity contribution in [3.63, 3.8) is 0 Å². The van der Waals surface area contributed by atoms with E-state index >= 15 is 0 Å². The van der Waals surface area contributed by atoms with Crippen LogP contribution in [0.5, 0.6) is 0 Å². The lowest BCUT2D eigenvalue weighted by Crippen LogP contribution is -2.58. The molecule has 114 valence electrons. The van der Waals surface area contributed by atoms with E-state index in [1.165, 1.54) is 65.0 Å². The van der Waals surface area contributed by atoms with Crippen LogP contribution in [-0.2, 0) is 4.74 Å². The van der Waals surface area contributed by atoms with E-state index in [0.717, 1.165) is 25.0 Å². The Morgan fingerprint density at radius 2 is 1.40 bits per heavy atom. The van der Waals surface area contributed by atoms with Gasteiger partial charge in [0.2, 0.25) is 0 Å². The van der Waals surface area contributed by atoms with Gasteiger partial charge < -0.3 is 20.7 Å². The molecule has 3 N–H and O–H groups in total. The highest BCUT2D eigenvalue weighted by molar-refractivity contribution is 5.06. The average molecular weight is 279 g/mol. The summed E-state index contributed by atoms with van der Waals surface area (Å²) in [5.74, 6) is 1.62. The van der Waals surface area contributed by atoms with Gasteiger partial charge >= 0.3 is 0 Å². The lowest BCUT2D eigenvalue weighted by molar-refractivity contribution is -0.0223. The lowest BCUT2D eigenvalue weighted by Gasteiger charge is -2.52. The molecule has 4 heteroatoms. The Morgan fingerprint density at radius 3 is 2.00 bits per heavy atom. The standard InChI is InChI=1S/C16H29N3O/c1-5-17-9-13(15(1)2-7-19-11-15)14-10-18-6-3-16(14)4-8-20-12-16/h13-14,17-19H,1-12H2. The van der Waals surface area contributed by atoms with Crippen LogP contribution in [0.1, 0.15) is 25.7 Å². The molecular weight excluding hydrogens is 250 g/mol. The SMILES string of the molecule is C1CC2(CCNC2)C(C2CNCCC23CCOC3)CN1. The molecular formula is C16H29N3O. The van der Waals surface area contributed by atoms with Gasteiger partial charge in [-0.3, -0.25) is 0 Å². The second-order valence-electron chi connectivity index (χ2n) is 7.58. The molecule has 4 unspecified atom stereocenters. The second kappa shape index (κ2) is 5.24. The summed E-state index contributed by atoms with van der Waals surface area (Å²) in [7, 11) is 0. The Bertz CT molecular complexity index is 314. The van der Waals surface area contributed by atoms with E-state index in [0.29, 0.717) is 10.8 Å². The molecule has 4 rings (SSSR count). The van der Waals surface area contributed by atoms with E-state index in [2.05, 4.69) is 16.0 Å². The molecule has 0 saturated carbocycles. The van der Waals surface area contributed by atoms with Crippen molar-refractivity contribution in [2.45, 2.75) is 25.7 Å². The quantitative estimate of drug-likeness (QED) is 0.657. The van der Waals surface area contributed by atoms with Crippen LogP contribution in [0.4, 0.5) is 0 Å². The molecule has 0 amide bonds. The zero-order valence-electron chi connectivity index (χ0n) is 12.5. The van der Waals surface area contributed by atoms with Crippen LogP contribution in [-0.4, -0.2) is 52.5 Å². The van der Waals surface area contributed by atoms with Crippen LogP contribution in [0.15, 0.2) is 0 Å². The van der Waals surface area contributed by atoms with Gasteiger partial charge in [-0.1, -0.05) is 0 Å². The van der Waals surface area contributed by atoms with Crippen molar-refractivity contribution in [1.82, 2.24) is 16.0 Å². The molecule has 4 nitrogen and oxygen atoms in total. The molecule has 4 aliphatic rings. The van der Waals surface area contributed by atoms with Gasteiger partial charge in [0, 0.05) is 18.6 Å². The lowest BCUT2D eigenvalue weighted by atomic mass is 9.56. The molecule has 4 heterocycles. The fraction of sp³-hybridized carbons (Fsp3) is 1.00. The fourth-order valence-electron chi connectivity index (χ4n) is 5.54. The van der Waals surface area contributed by atoms with E-state index in [-0.39, 0.29) is 0 Å². The molecule has 4 saturated heterocycles. The number of hydrogen-bond donors (Lipinski definition) is 3. The third-order valence-corrected chi connectivity index (χ3v) is 6.80. The minimum Gasteiger partial charge on any atom is -0.381 e. The zero-order chi connectivity index (χ0) is 13.5. The molecule has 4 atom stereocenters. The summed E-state index contributed by atoms with van der Waals surface area (Å²) in [5, 5.41) is 11.0. The summed E-state index contributed by atoms with van der Waals surface area (Å²) in [5.41, 5.74) is 1.04. The molecule has 0 aromatic carbocycles. The number of nitrogens with one attached hydrogen (secondary N) is 3. The van der Waals surface area contributed by atoms with Crippen LogP contribution in [0, 0.1) is 22.7 Å². The predicted octanol–water partition coefficient (Wildman–Crippen LogP) is 0.592. The minimum absolute atomic E-state index is 0.477. The van der Waals surface area contributed by atoms with Gasteiger partial charge in [0.15, 0.2) is 0 Å². The molecule has 0 radical (unpaired) electrons. The summed E-state index contributed by atoms with van der Waals surface area (Å²) in [6.45, 7) is 9.29. The molecule has 4 aliphatic heterocycles. The van der Waals surface area contributed by atoms with E-state index in [9.17, 15) is 0 Å². The first-order valence-corrected chi connectivity index (χ1v) is 8.55. The van der Waals surface area contributed by atoms with Crippen LogP contribution in [0.3, 0.4) is 0 Å². The van der Waals surface area contributed by atoms with Crippen molar-refractivity contribution in [2.24, 2.45) is 22.7 Å². The Hall–Kier alpha value is -0.160. The van der Waals surface area contributed by atoms with Crippen LogP contribution >= 0.6 is 0 Å². The maximum absolute atomic E-state index is 5.85. The van der Waals surface area contributed by atoms with Gasteiger partial charge in [0.25, 0.3) is 0 Å². The van der Waals surface area contributed by atoms with Crippen molar-refractivity contribution in [2.75, 3.05) is 52.5 Å². The van der Waals surface area contributed by atoms with Crippen molar-refractivity contribution in [1.29, 1.82) is 0 Å². The van der Waals surface area contributed by atoms with Gasteiger partial charge in [-0.2, -0.15) is 0 Å². The molecule has 0 aromatic rings. The fourth-order valence-corrected chi connectivity index (χ4v) is 5.54. The average Bonchev–Trinajstić information content (AvgIpc) is 3.12. The highest BCUT2D eigenvalue weighted by Gasteiger charge is 2.54. The minimum atomic E-state index is 0.477. The van der Waals surface area contributed by atoms with Crippen LogP contribution < -0.4 is 16.0 Å². The topological polar surface area (TPSA) is 45.3 Å². The van der Waals surface area contributed by atoms with Gasteiger partial charge in [0.1, 0.15) is 0 Å². The first-order chi connectivity index (χ1) is 9.85. The van der Waals surface area contributed by atoms with Gasteiger partial charge in [-0.25, -0.2) is 0 Å². The summed E-state index contributed by atoms with van der Waals surface area (Å²) < 4.78 is 5.85. The van der Waals surface area contributed by atoms with E-state index in [1.54, 1.807) is 0 Å². The molecule has 2 spiro atoms. The molecule has 4 fully saturated rings. The van der Waals surface area contributed by atoms with Gasteiger partial charge in [-0.15, -0.1) is 0 Å². The predicted molar refractivity (Wildman–Crippen MR) is 79.7 cm³/mol. The highest BCUT2D eigenvalue weighted by Crippen LogP contribution is 2.52. The normalized spacial score (nSPS) is 49.2. The Balaban J connectivity index is 1.62. The highest BCUT2D eigenvalue weighted by atomic mass is 16.5. The monoisotopic (exact) mass is 279 g/mol. The maximum atomic E-state index is 5.85. The largest absolute Gasteiger partial charge is 0.381 e.